The monoisotopic (exact) mass is 354 g/mol. The summed E-state index contributed by atoms with van der Waals surface area (Å²) in [6.07, 6.45) is -4.52. The molecule has 1 amide bonds. The zero-order valence-electron chi connectivity index (χ0n) is 13.6. The van der Waals surface area contributed by atoms with Gasteiger partial charge in [-0.2, -0.15) is 13.2 Å². The van der Waals surface area contributed by atoms with E-state index in [0.717, 1.165) is 6.07 Å². The van der Waals surface area contributed by atoms with E-state index >= 15 is 0 Å². The van der Waals surface area contributed by atoms with Gasteiger partial charge in [0.15, 0.2) is 0 Å². The number of methoxy groups -OCH3 is 1. The Morgan fingerprint density at radius 3 is 2.64 bits per heavy atom. The second kappa shape index (κ2) is 7.93. The summed E-state index contributed by atoms with van der Waals surface area (Å²) in [6, 6.07) is 6.43. The van der Waals surface area contributed by atoms with E-state index in [4.69, 9.17) is 4.74 Å². The summed E-state index contributed by atoms with van der Waals surface area (Å²) in [5.74, 6) is -0.553. The van der Waals surface area contributed by atoms with E-state index in [1.54, 1.807) is 6.92 Å². The van der Waals surface area contributed by atoms with Crippen molar-refractivity contribution in [2.75, 3.05) is 25.6 Å². The van der Waals surface area contributed by atoms with Crippen molar-refractivity contribution < 1.29 is 22.7 Å². The third-order valence-corrected chi connectivity index (χ3v) is 3.16. The number of carbonyl (C=O) groups excluding carboxylic acids is 1. The number of halogens is 3. The smallest absolute Gasteiger partial charge is 0.383 e. The van der Waals surface area contributed by atoms with Crippen molar-refractivity contribution >= 4 is 17.5 Å². The van der Waals surface area contributed by atoms with Crippen LogP contribution in [0.2, 0.25) is 0 Å². The number of benzene rings is 1. The van der Waals surface area contributed by atoms with Crippen molar-refractivity contribution in [2.45, 2.75) is 13.1 Å². The fraction of sp³-hybridized carbons (Fsp3) is 0.312. The van der Waals surface area contributed by atoms with Gasteiger partial charge in [-0.15, -0.1) is 0 Å². The number of anilines is 2. The van der Waals surface area contributed by atoms with Crippen molar-refractivity contribution in [1.29, 1.82) is 0 Å². The average Bonchev–Trinajstić information content (AvgIpc) is 2.54. The van der Waals surface area contributed by atoms with Gasteiger partial charge in [-0.05, 0) is 25.1 Å². The molecular weight excluding hydrogens is 337 g/mol. The van der Waals surface area contributed by atoms with E-state index in [0.29, 0.717) is 12.3 Å². The lowest BCUT2D eigenvalue weighted by atomic mass is 10.1. The Bertz CT molecular complexity index is 750. The minimum absolute atomic E-state index is 0.0515. The number of alkyl halides is 3. The molecule has 2 aromatic rings. The first-order chi connectivity index (χ1) is 11.8. The van der Waals surface area contributed by atoms with Crippen LogP contribution in [0.3, 0.4) is 0 Å². The summed E-state index contributed by atoms with van der Waals surface area (Å²) in [4.78, 5) is 20.1. The van der Waals surface area contributed by atoms with Gasteiger partial charge >= 0.3 is 6.18 Å². The molecule has 9 heteroatoms. The summed E-state index contributed by atoms with van der Waals surface area (Å²) >= 11 is 0. The predicted molar refractivity (Wildman–Crippen MR) is 85.7 cm³/mol. The number of nitrogens with zero attached hydrogens (tertiary/aromatic N) is 2. The third-order valence-electron chi connectivity index (χ3n) is 3.16. The Hall–Kier alpha value is -2.68. The molecule has 0 aliphatic carbocycles. The number of hydrogen-bond acceptors (Lipinski definition) is 5. The van der Waals surface area contributed by atoms with Gasteiger partial charge < -0.3 is 15.4 Å². The van der Waals surface area contributed by atoms with Crippen LogP contribution >= 0.6 is 0 Å². The van der Waals surface area contributed by atoms with Crippen molar-refractivity contribution in [3.63, 3.8) is 0 Å². The average molecular weight is 354 g/mol. The highest BCUT2D eigenvalue weighted by Crippen LogP contribution is 2.35. The molecule has 2 rings (SSSR count). The van der Waals surface area contributed by atoms with E-state index in [2.05, 4.69) is 20.6 Å². The van der Waals surface area contributed by atoms with Crippen LogP contribution in [0.4, 0.5) is 24.8 Å². The quantitative estimate of drug-likeness (QED) is 0.780. The minimum Gasteiger partial charge on any atom is -0.383 e. The summed E-state index contributed by atoms with van der Waals surface area (Å²) < 4.78 is 44.0. The number of hydrogen-bond donors (Lipinski definition) is 2. The highest BCUT2D eigenvalue weighted by atomic mass is 19.4. The summed E-state index contributed by atoms with van der Waals surface area (Å²) in [6.45, 7) is 2.24. The van der Waals surface area contributed by atoms with Crippen molar-refractivity contribution in [3.8, 4) is 0 Å². The fourth-order valence-corrected chi connectivity index (χ4v) is 2.06. The molecule has 0 radical (unpaired) electrons. The van der Waals surface area contributed by atoms with E-state index < -0.39 is 17.6 Å². The van der Waals surface area contributed by atoms with E-state index in [-0.39, 0.29) is 23.9 Å². The van der Waals surface area contributed by atoms with Gasteiger partial charge in [0.2, 0.25) is 5.95 Å². The van der Waals surface area contributed by atoms with Crippen LogP contribution in [-0.2, 0) is 10.9 Å². The van der Waals surface area contributed by atoms with Crippen molar-refractivity contribution in [1.82, 2.24) is 15.3 Å². The molecule has 1 aromatic carbocycles. The molecule has 6 nitrogen and oxygen atoms in total. The standard InChI is InChI=1S/C16H17F3N4O2/c1-10-9-13(14(24)20-7-8-25-2)23-15(21-10)22-12-6-4-3-5-11(12)16(17,18)19/h3-6,9H,7-8H2,1-2H3,(H,20,24)(H,21,22,23). The van der Waals surface area contributed by atoms with Gasteiger partial charge in [0.05, 0.1) is 17.9 Å². The highest BCUT2D eigenvalue weighted by molar-refractivity contribution is 5.92. The van der Waals surface area contributed by atoms with Gasteiger partial charge in [0.1, 0.15) is 5.69 Å². The Labute approximate surface area is 142 Å². The van der Waals surface area contributed by atoms with Gasteiger partial charge in [-0.25, -0.2) is 9.97 Å². The Kier molecular flexibility index (Phi) is 5.92. The maximum absolute atomic E-state index is 13.1. The fourth-order valence-electron chi connectivity index (χ4n) is 2.06. The lowest BCUT2D eigenvalue weighted by molar-refractivity contribution is -0.136. The normalized spacial score (nSPS) is 11.2. The van der Waals surface area contributed by atoms with Crippen LogP contribution in [0.15, 0.2) is 30.3 Å². The first kappa shape index (κ1) is 18.7. The molecule has 0 bridgehead atoms. The van der Waals surface area contributed by atoms with E-state index in [1.165, 1.54) is 31.4 Å². The molecule has 0 aliphatic rings. The lowest BCUT2D eigenvalue weighted by Crippen LogP contribution is -2.28. The number of aromatic nitrogens is 2. The molecule has 2 N–H and O–H groups in total. The van der Waals surface area contributed by atoms with Gasteiger partial charge in [-0.1, -0.05) is 12.1 Å². The highest BCUT2D eigenvalue weighted by Gasteiger charge is 2.33. The molecule has 0 saturated heterocycles. The summed E-state index contributed by atoms with van der Waals surface area (Å²) in [7, 11) is 1.50. The predicted octanol–water partition coefficient (Wildman–Crippen LogP) is 2.92. The second-order valence-electron chi connectivity index (χ2n) is 5.14. The van der Waals surface area contributed by atoms with E-state index in [9.17, 15) is 18.0 Å². The number of ether oxygens (including phenoxy) is 1. The number of aryl methyl sites for hydroxylation is 1. The second-order valence-corrected chi connectivity index (χ2v) is 5.14. The van der Waals surface area contributed by atoms with Crippen LogP contribution in [-0.4, -0.2) is 36.1 Å². The molecule has 0 aliphatic heterocycles. The molecule has 0 fully saturated rings. The Balaban J connectivity index is 2.25. The van der Waals surface area contributed by atoms with Crippen LogP contribution < -0.4 is 10.6 Å². The maximum Gasteiger partial charge on any atom is 0.418 e. The van der Waals surface area contributed by atoms with Crippen LogP contribution in [0.1, 0.15) is 21.7 Å². The molecule has 1 aromatic heterocycles. The molecular formula is C16H17F3N4O2. The SMILES string of the molecule is COCCNC(=O)c1cc(C)nc(Nc2ccccc2C(F)(F)F)n1. The van der Waals surface area contributed by atoms with Crippen LogP contribution in [0.25, 0.3) is 0 Å². The van der Waals surface area contributed by atoms with Gasteiger partial charge in [-0.3, -0.25) is 4.79 Å². The zero-order chi connectivity index (χ0) is 18.4. The molecule has 0 saturated carbocycles. The first-order valence-electron chi connectivity index (χ1n) is 7.37. The maximum atomic E-state index is 13.1. The van der Waals surface area contributed by atoms with Crippen molar-refractivity contribution in [2.24, 2.45) is 0 Å². The number of amides is 1. The Morgan fingerprint density at radius 2 is 1.96 bits per heavy atom. The number of carbonyl (C=O) groups is 1. The van der Waals surface area contributed by atoms with Crippen LogP contribution in [0, 0.1) is 6.92 Å². The van der Waals surface area contributed by atoms with Gasteiger partial charge in [0.25, 0.3) is 5.91 Å². The minimum atomic E-state index is -4.52. The van der Waals surface area contributed by atoms with Gasteiger partial charge in [0, 0.05) is 19.3 Å². The molecule has 1 heterocycles. The largest absolute Gasteiger partial charge is 0.418 e. The Morgan fingerprint density at radius 1 is 1.24 bits per heavy atom. The number of nitrogens with one attached hydrogen (secondary N) is 2. The molecule has 0 unspecified atom stereocenters. The number of rotatable bonds is 6. The van der Waals surface area contributed by atoms with Crippen molar-refractivity contribution in [3.05, 3.63) is 47.3 Å². The summed E-state index contributed by atoms with van der Waals surface area (Å²) in [5.41, 5.74) is -0.535. The zero-order valence-corrected chi connectivity index (χ0v) is 13.6. The first-order valence-corrected chi connectivity index (χ1v) is 7.37. The third kappa shape index (κ3) is 5.15. The molecule has 0 spiro atoms. The molecule has 134 valence electrons. The number of para-hydroxylation sites is 1. The van der Waals surface area contributed by atoms with E-state index in [1.807, 2.05) is 0 Å². The molecule has 25 heavy (non-hydrogen) atoms. The topological polar surface area (TPSA) is 76.1 Å². The lowest BCUT2D eigenvalue weighted by Gasteiger charge is -2.14. The summed E-state index contributed by atoms with van der Waals surface area (Å²) in [5, 5.41) is 5.13. The van der Waals surface area contributed by atoms with Crippen LogP contribution in [0.5, 0.6) is 0 Å². The molecule has 0 atom stereocenters.